The maximum Gasteiger partial charge on any atom is 0.418 e. The molecule has 20 heavy (non-hydrogen) atoms. The van der Waals surface area contributed by atoms with E-state index < -0.39 is 22.5 Å². The van der Waals surface area contributed by atoms with Gasteiger partial charge >= 0.3 is 16.4 Å². The van der Waals surface area contributed by atoms with Crippen molar-refractivity contribution >= 4 is 16.4 Å². The molecule has 1 aromatic rings. The molecule has 1 fully saturated rings. The van der Waals surface area contributed by atoms with Crippen LogP contribution in [-0.2, 0) is 14.7 Å². The van der Waals surface area contributed by atoms with Gasteiger partial charge in [0.2, 0.25) is 0 Å². The number of fused-ring (bicyclic) bond motifs is 4. The molecule has 1 saturated heterocycles. The molecule has 110 valence electrons. The summed E-state index contributed by atoms with van der Waals surface area (Å²) in [4.78, 5) is 13.7. The molecule has 11 heteroatoms. The molecule has 0 spiro atoms. The standard InChI is InChI=1S/C9H13N5O5S/c1-10-3-6-8-5(2-11-12-8)7-4-13(6)9(15)14(7)19-20(16,17)18/h2,6-7,10H,3-4H2,1H3,(H,11,12)(H,16,17,18)/t6-,7-/m0/s1. The first kappa shape index (κ1) is 13.3. The van der Waals surface area contributed by atoms with Crippen molar-refractivity contribution in [2.24, 2.45) is 0 Å². The monoisotopic (exact) mass is 303 g/mol. The predicted octanol–water partition coefficient (Wildman–Crippen LogP) is -0.803. The van der Waals surface area contributed by atoms with E-state index in [1.54, 1.807) is 7.05 Å². The van der Waals surface area contributed by atoms with Crippen molar-refractivity contribution in [2.75, 3.05) is 20.1 Å². The van der Waals surface area contributed by atoms with Gasteiger partial charge < -0.3 is 10.2 Å². The van der Waals surface area contributed by atoms with E-state index >= 15 is 0 Å². The number of carbonyl (C=O) groups is 1. The van der Waals surface area contributed by atoms with Gasteiger partial charge in [0, 0.05) is 12.1 Å². The number of aromatic amines is 1. The van der Waals surface area contributed by atoms with E-state index in [9.17, 15) is 13.2 Å². The van der Waals surface area contributed by atoms with Crippen LogP contribution in [0.15, 0.2) is 6.20 Å². The van der Waals surface area contributed by atoms with E-state index in [0.717, 1.165) is 5.69 Å². The lowest BCUT2D eigenvalue weighted by molar-refractivity contribution is -0.0317. The van der Waals surface area contributed by atoms with Gasteiger partial charge in [-0.1, -0.05) is 0 Å². The molecule has 0 unspecified atom stereocenters. The summed E-state index contributed by atoms with van der Waals surface area (Å²) < 4.78 is 34.9. The second kappa shape index (κ2) is 4.41. The van der Waals surface area contributed by atoms with Gasteiger partial charge in [0.15, 0.2) is 0 Å². The fourth-order valence-corrected chi connectivity index (χ4v) is 3.04. The number of H-pyrrole nitrogens is 1. The Balaban J connectivity index is 2.01. The average Bonchev–Trinajstić information content (AvgIpc) is 2.92. The number of likely N-dealkylation sites (N-methyl/N-ethyl adjacent to an activating group) is 1. The third kappa shape index (κ3) is 1.95. The number of aromatic nitrogens is 2. The van der Waals surface area contributed by atoms with Crippen molar-refractivity contribution in [2.45, 2.75) is 12.1 Å². The van der Waals surface area contributed by atoms with E-state index in [2.05, 4.69) is 19.8 Å². The quantitative estimate of drug-likeness (QED) is 0.621. The first-order valence-corrected chi connectivity index (χ1v) is 7.23. The first-order valence-electron chi connectivity index (χ1n) is 5.87. The minimum atomic E-state index is -4.76. The molecule has 0 radical (unpaired) electrons. The summed E-state index contributed by atoms with van der Waals surface area (Å²) in [6.45, 7) is 0.751. The molecule has 2 atom stereocenters. The predicted molar refractivity (Wildman–Crippen MR) is 64.6 cm³/mol. The number of hydrogen-bond donors (Lipinski definition) is 3. The minimum Gasteiger partial charge on any atom is -0.317 e. The van der Waals surface area contributed by atoms with E-state index in [-0.39, 0.29) is 12.6 Å². The lowest BCUT2D eigenvalue weighted by Gasteiger charge is -2.29. The Labute approximate surface area is 114 Å². The van der Waals surface area contributed by atoms with Crippen LogP contribution >= 0.6 is 0 Å². The number of amides is 2. The number of hydroxylamine groups is 2. The Kier molecular flexibility index (Phi) is 2.93. The fourth-order valence-electron chi connectivity index (χ4n) is 2.67. The maximum atomic E-state index is 12.2. The molecule has 2 aliphatic rings. The summed E-state index contributed by atoms with van der Waals surface area (Å²) in [7, 11) is -3.02. The van der Waals surface area contributed by atoms with Gasteiger partial charge in [-0.2, -0.15) is 18.6 Å². The normalized spacial score (nSPS) is 25.2. The number of nitrogens with one attached hydrogen (secondary N) is 2. The highest BCUT2D eigenvalue weighted by Crippen LogP contribution is 2.42. The third-order valence-corrected chi connectivity index (χ3v) is 3.78. The van der Waals surface area contributed by atoms with Crippen LogP contribution in [0.3, 0.4) is 0 Å². The zero-order valence-corrected chi connectivity index (χ0v) is 11.3. The van der Waals surface area contributed by atoms with Crippen molar-refractivity contribution in [3.05, 3.63) is 17.5 Å². The molecule has 2 aliphatic heterocycles. The van der Waals surface area contributed by atoms with Crippen molar-refractivity contribution in [1.82, 2.24) is 25.5 Å². The molecule has 2 bridgehead atoms. The summed E-state index contributed by atoms with van der Waals surface area (Å²) in [5.41, 5.74) is 1.40. The summed E-state index contributed by atoms with van der Waals surface area (Å²) in [5, 5.41) is 10.4. The fraction of sp³-hybridized carbons (Fsp3) is 0.556. The zero-order valence-electron chi connectivity index (χ0n) is 10.5. The summed E-state index contributed by atoms with van der Waals surface area (Å²) in [6, 6.07) is -1.53. The number of urea groups is 1. The largest absolute Gasteiger partial charge is 0.418 e. The van der Waals surface area contributed by atoms with Crippen molar-refractivity contribution in [1.29, 1.82) is 0 Å². The topological polar surface area (TPSA) is 128 Å². The molecule has 10 nitrogen and oxygen atoms in total. The summed E-state index contributed by atoms with van der Waals surface area (Å²) in [6.07, 6.45) is 1.53. The van der Waals surface area contributed by atoms with Gasteiger partial charge in [-0.3, -0.25) is 9.65 Å². The van der Waals surface area contributed by atoms with Crippen LogP contribution in [0, 0.1) is 0 Å². The number of carbonyl (C=O) groups excluding carboxylic acids is 1. The highest BCUT2D eigenvalue weighted by Gasteiger charge is 2.50. The molecular formula is C9H13N5O5S. The Morgan fingerprint density at radius 3 is 3.05 bits per heavy atom. The van der Waals surface area contributed by atoms with E-state index in [4.69, 9.17) is 4.55 Å². The molecule has 0 aliphatic carbocycles. The molecule has 0 saturated carbocycles. The highest BCUT2D eigenvalue weighted by molar-refractivity contribution is 7.80. The van der Waals surface area contributed by atoms with Crippen LogP contribution in [0.4, 0.5) is 4.79 Å². The van der Waals surface area contributed by atoms with Crippen molar-refractivity contribution < 1.29 is 22.0 Å². The van der Waals surface area contributed by atoms with Gasteiger partial charge in [-0.05, 0) is 7.05 Å². The Morgan fingerprint density at radius 2 is 2.40 bits per heavy atom. The van der Waals surface area contributed by atoms with Crippen LogP contribution < -0.4 is 5.32 Å². The Hall–Kier alpha value is -1.69. The molecule has 3 heterocycles. The molecule has 2 amide bonds. The first-order chi connectivity index (χ1) is 9.42. The smallest absolute Gasteiger partial charge is 0.317 e. The molecule has 1 aromatic heterocycles. The lowest BCUT2D eigenvalue weighted by atomic mass is 9.98. The van der Waals surface area contributed by atoms with Crippen LogP contribution in [0.2, 0.25) is 0 Å². The lowest BCUT2D eigenvalue weighted by Crippen LogP contribution is -2.39. The van der Waals surface area contributed by atoms with Crippen LogP contribution in [0.5, 0.6) is 0 Å². The molecular weight excluding hydrogens is 290 g/mol. The highest BCUT2D eigenvalue weighted by atomic mass is 32.3. The number of hydrogen-bond acceptors (Lipinski definition) is 6. The second-order valence-electron chi connectivity index (χ2n) is 4.59. The SMILES string of the molecule is CNC[C@H]1c2[nH]ncc2[C@@H]2CN1C(=O)N2OS(=O)(=O)O. The van der Waals surface area contributed by atoms with Crippen LogP contribution in [0.25, 0.3) is 0 Å². The maximum absolute atomic E-state index is 12.2. The Morgan fingerprint density at radius 1 is 1.65 bits per heavy atom. The van der Waals surface area contributed by atoms with Crippen molar-refractivity contribution in [3.63, 3.8) is 0 Å². The second-order valence-corrected chi connectivity index (χ2v) is 5.60. The summed E-state index contributed by atoms with van der Waals surface area (Å²) >= 11 is 0. The zero-order chi connectivity index (χ0) is 14.5. The van der Waals surface area contributed by atoms with Gasteiger partial charge in [0.05, 0.1) is 24.5 Å². The van der Waals surface area contributed by atoms with Crippen molar-refractivity contribution in [3.8, 4) is 0 Å². The van der Waals surface area contributed by atoms with E-state index in [1.807, 2.05) is 0 Å². The van der Waals surface area contributed by atoms with Gasteiger partial charge in [0.25, 0.3) is 0 Å². The van der Waals surface area contributed by atoms with Gasteiger partial charge in [0.1, 0.15) is 6.04 Å². The average molecular weight is 303 g/mol. The van der Waals surface area contributed by atoms with Gasteiger partial charge in [-0.25, -0.2) is 4.79 Å². The van der Waals surface area contributed by atoms with Gasteiger partial charge in [-0.15, -0.1) is 4.28 Å². The van der Waals surface area contributed by atoms with E-state index in [1.165, 1.54) is 11.1 Å². The summed E-state index contributed by atoms with van der Waals surface area (Å²) in [5.74, 6) is 0. The minimum absolute atomic E-state index is 0.271. The van der Waals surface area contributed by atoms with Crippen LogP contribution in [0.1, 0.15) is 23.3 Å². The van der Waals surface area contributed by atoms with E-state index in [0.29, 0.717) is 17.2 Å². The number of rotatable bonds is 4. The Bertz CT molecular complexity index is 643. The number of nitrogens with zero attached hydrogens (tertiary/aromatic N) is 3. The van der Waals surface area contributed by atoms with Crippen LogP contribution in [-0.4, -0.2) is 59.3 Å². The molecule has 0 aromatic carbocycles. The molecule has 3 N–H and O–H groups in total. The third-order valence-electron chi connectivity index (χ3n) is 3.43. The molecule has 3 rings (SSSR count).